The highest BCUT2D eigenvalue weighted by atomic mass is 16.5. The minimum Gasteiger partial charge on any atom is -0.463 e. The molecule has 0 saturated heterocycles. The van der Waals surface area contributed by atoms with Crippen molar-refractivity contribution < 1.29 is 14.3 Å². The SMILES string of the molecule is COC(=O)C(=O)c1cn(CCCn2ccnc2)c2ccccc12. The Balaban J connectivity index is 1.85. The van der Waals surface area contributed by atoms with E-state index in [1.807, 2.05) is 39.6 Å². The zero-order chi connectivity index (χ0) is 16.2. The maximum Gasteiger partial charge on any atom is 0.379 e. The van der Waals surface area contributed by atoms with Crippen molar-refractivity contribution in [2.75, 3.05) is 7.11 Å². The summed E-state index contributed by atoms with van der Waals surface area (Å²) in [6, 6.07) is 7.56. The van der Waals surface area contributed by atoms with E-state index < -0.39 is 11.8 Å². The number of esters is 1. The van der Waals surface area contributed by atoms with Crippen LogP contribution < -0.4 is 0 Å². The number of carbonyl (C=O) groups excluding carboxylic acids is 2. The Kier molecular flexibility index (Phi) is 4.23. The van der Waals surface area contributed by atoms with Crippen LogP contribution in [0.4, 0.5) is 0 Å². The second-order valence-corrected chi connectivity index (χ2v) is 5.23. The number of hydrogen-bond donors (Lipinski definition) is 0. The number of carbonyl (C=O) groups is 2. The minimum absolute atomic E-state index is 0.384. The van der Waals surface area contributed by atoms with Crippen LogP contribution in [0, 0.1) is 0 Å². The van der Waals surface area contributed by atoms with Crippen LogP contribution in [0.5, 0.6) is 0 Å². The summed E-state index contributed by atoms with van der Waals surface area (Å²) in [4.78, 5) is 27.7. The van der Waals surface area contributed by atoms with Crippen molar-refractivity contribution >= 4 is 22.7 Å². The fourth-order valence-corrected chi connectivity index (χ4v) is 2.66. The van der Waals surface area contributed by atoms with Gasteiger partial charge in [0, 0.05) is 42.6 Å². The molecule has 3 rings (SSSR count). The Bertz CT molecular complexity index is 834. The lowest BCUT2D eigenvalue weighted by Crippen LogP contribution is -2.15. The molecular weight excluding hydrogens is 294 g/mol. The minimum atomic E-state index is -0.841. The van der Waals surface area contributed by atoms with Gasteiger partial charge in [0.2, 0.25) is 0 Å². The van der Waals surface area contributed by atoms with Crippen LogP contribution >= 0.6 is 0 Å². The van der Waals surface area contributed by atoms with Gasteiger partial charge in [-0.3, -0.25) is 4.79 Å². The molecule has 0 aliphatic carbocycles. The van der Waals surface area contributed by atoms with Crippen LogP contribution in [0.15, 0.2) is 49.2 Å². The van der Waals surface area contributed by atoms with Crippen molar-refractivity contribution in [1.82, 2.24) is 14.1 Å². The summed E-state index contributed by atoms with van der Waals surface area (Å²) in [5, 5.41) is 0.769. The monoisotopic (exact) mass is 311 g/mol. The Labute approximate surface area is 133 Å². The molecule has 0 saturated carbocycles. The number of methoxy groups -OCH3 is 1. The highest BCUT2D eigenvalue weighted by Gasteiger charge is 2.21. The number of benzene rings is 1. The maximum atomic E-state index is 12.2. The van der Waals surface area contributed by atoms with E-state index in [4.69, 9.17) is 0 Å². The molecule has 0 aliphatic rings. The van der Waals surface area contributed by atoms with Gasteiger partial charge >= 0.3 is 5.97 Å². The van der Waals surface area contributed by atoms with Gasteiger partial charge in [0.25, 0.3) is 5.78 Å². The standard InChI is InChI=1S/C17H17N3O3/c1-23-17(22)16(21)14-11-20(15-6-3-2-5-13(14)15)9-4-8-19-10-7-18-12-19/h2-3,5-7,10-12H,4,8-9H2,1H3. The second-order valence-electron chi connectivity index (χ2n) is 5.23. The fraction of sp³-hybridized carbons (Fsp3) is 0.235. The molecule has 1 aromatic carbocycles. The van der Waals surface area contributed by atoms with Crippen LogP contribution in [0.2, 0.25) is 0 Å². The molecule has 0 radical (unpaired) electrons. The largest absolute Gasteiger partial charge is 0.463 e. The molecule has 23 heavy (non-hydrogen) atoms. The molecule has 0 bridgehead atoms. The van der Waals surface area contributed by atoms with Crippen molar-refractivity contribution in [1.29, 1.82) is 0 Å². The molecule has 3 aromatic rings. The average molecular weight is 311 g/mol. The molecule has 6 heteroatoms. The lowest BCUT2D eigenvalue weighted by molar-refractivity contribution is -0.135. The summed E-state index contributed by atoms with van der Waals surface area (Å²) in [6.45, 7) is 1.58. The van der Waals surface area contributed by atoms with Gasteiger partial charge in [0.1, 0.15) is 0 Å². The van der Waals surface area contributed by atoms with Gasteiger partial charge in [-0.2, -0.15) is 0 Å². The van der Waals surface area contributed by atoms with Crippen LogP contribution in [0.25, 0.3) is 10.9 Å². The highest BCUT2D eigenvalue weighted by molar-refractivity contribution is 6.42. The first-order valence-corrected chi connectivity index (χ1v) is 7.37. The Morgan fingerprint density at radius 2 is 2.04 bits per heavy atom. The molecule has 0 fully saturated rings. The number of aryl methyl sites for hydroxylation is 2. The molecule has 0 N–H and O–H groups in total. The number of ketones is 1. The molecule has 6 nitrogen and oxygen atoms in total. The number of rotatable bonds is 6. The van der Waals surface area contributed by atoms with Crippen molar-refractivity contribution in [3.05, 3.63) is 54.7 Å². The van der Waals surface area contributed by atoms with Gasteiger partial charge in [0.05, 0.1) is 19.0 Å². The predicted molar refractivity (Wildman–Crippen MR) is 85.1 cm³/mol. The fourth-order valence-electron chi connectivity index (χ4n) is 2.66. The van der Waals surface area contributed by atoms with Crippen molar-refractivity contribution in [2.45, 2.75) is 19.5 Å². The first-order chi connectivity index (χ1) is 11.2. The molecular formula is C17H17N3O3. The number of imidazole rings is 1. The van der Waals surface area contributed by atoms with E-state index in [9.17, 15) is 9.59 Å². The third kappa shape index (κ3) is 3.01. The van der Waals surface area contributed by atoms with Gasteiger partial charge in [0.15, 0.2) is 0 Å². The van der Waals surface area contributed by atoms with E-state index >= 15 is 0 Å². The first-order valence-electron chi connectivity index (χ1n) is 7.37. The number of hydrogen-bond acceptors (Lipinski definition) is 4. The van der Waals surface area contributed by atoms with E-state index in [1.165, 1.54) is 7.11 Å². The second kappa shape index (κ2) is 6.48. The topological polar surface area (TPSA) is 66.1 Å². The normalized spacial score (nSPS) is 10.8. The summed E-state index contributed by atoms with van der Waals surface area (Å²) in [6.07, 6.45) is 8.07. The van der Waals surface area contributed by atoms with E-state index in [0.29, 0.717) is 5.56 Å². The molecule has 0 atom stereocenters. The third-order valence-corrected chi connectivity index (χ3v) is 3.78. The summed E-state index contributed by atoms with van der Waals surface area (Å²) < 4.78 is 8.56. The number of nitrogens with zero attached hydrogens (tertiary/aromatic N) is 3. The quantitative estimate of drug-likeness (QED) is 0.398. The van der Waals surface area contributed by atoms with Crippen molar-refractivity contribution in [3.63, 3.8) is 0 Å². The molecule has 0 unspecified atom stereocenters. The van der Waals surface area contributed by atoms with E-state index in [2.05, 4.69) is 9.72 Å². The number of ether oxygens (including phenoxy) is 1. The summed E-state index contributed by atoms with van der Waals surface area (Å²) in [7, 11) is 1.21. The van der Waals surface area contributed by atoms with Crippen LogP contribution in [0.1, 0.15) is 16.8 Å². The van der Waals surface area contributed by atoms with E-state index in [-0.39, 0.29) is 0 Å². The molecule has 2 aromatic heterocycles. The van der Waals surface area contributed by atoms with Crippen LogP contribution in [0.3, 0.4) is 0 Å². The maximum absolute atomic E-state index is 12.2. The van der Waals surface area contributed by atoms with Crippen LogP contribution in [-0.2, 0) is 22.6 Å². The third-order valence-electron chi connectivity index (χ3n) is 3.78. The molecule has 0 amide bonds. The van der Waals surface area contributed by atoms with Gasteiger partial charge in [-0.15, -0.1) is 0 Å². The lowest BCUT2D eigenvalue weighted by atomic mass is 10.1. The van der Waals surface area contributed by atoms with Crippen molar-refractivity contribution in [2.24, 2.45) is 0 Å². The Morgan fingerprint density at radius 3 is 2.78 bits per heavy atom. The molecule has 0 aliphatic heterocycles. The summed E-state index contributed by atoms with van der Waals surface area (Å²) in [5.74, 6) is -1.46. The number of aromatic nitrogens is 3. The van der Waals surface area contributed by atoms with Crippen molar-refractivity contribution in [3.8, 4) is 0 Å². The average Bonchev–Trinajstić information content (AvgIpc) is 3.22. The lowest BCUT2D eigenvalue weighted by Gasteiger charge is -2.05. The van der Waals surface area contributed by atoms with Crippen LogP contribution in [-0.4, -0.2) is 33.0 Å². The number of para-hydroxylation sites is 1. The summed E-state index contributed by atoms with van der Waals surface area (Å²) >= 11 is 0. The summed E-state index contributed by atoms with van der Waals surface area (Å²) in [5.41, 5.74) is 1.32. The van der Waals surface area contributed by atoms with E-state index in [1.54, 1.807) is 18.7 Å². The molecule has 118 valence electrons. The molecule has 2 heterocycles. The van der Waals surface area contributed by atoms with Gasteiger partial charge in [-0.05, 0) is 12.5 Å². The number of Topliss-reactive ketones (excluding diaryl/α,β-unsaturated/α-hetero) is 1. The smallest absolute Gasteiger partial charge is 0.379 e. The Morgan fingerprint density at radius 1 is 1.22 bits per heavy atom. The van der Waals surface area contributed by atoms with E-state index in [0.717, 1.165) is 30.4 Å². The zero-order valence-electron chi connectivity index (χ0n) is 12.8. The first kappa shape index (κ1) is 15.0. The Hall–Kier alpha value is -2.89. The van der Waals surface area contributed by atoms with Gasteiger partial charge in [-0.25, -0.2) is 9.78 Å². The zero-order valence-corrected chi connectivity index (χ0v) is 12.8. The highest BCUT2D eigenvalue weighted by Crippen LogP contribution is 2.22. The predicted octanol–water partition coefficient (Wildman–Crippen LogP) is 2.28. The molecule has 0 spiro atoms. The number of fused-ring (bicyclic) bond motifs is 1. The van der Waals surface area contributed by atoms with Gasteiger partial charge < -0.3 is 13.9 Å². The van der Waals surface area contributed by atoms with Gasteiger partial charge in [-0.1, -0.05) is 18.2 Å².